The molecule has 0 aliphatic heterocycles. The summed E-state index contributed by atoms with van der Waals surface area (Å²) in [6, 6.07) is 13.2. The van der Waals surface area contributed by atoms with Gasteiger partial charge in [0.15, 0.2) is 0 Å². The number of nitrogens with zero attached hydrogens (tertiary/aromatic N) is 4. The third kappa shape index (κ3) is 3.17. The molecule has 1 amide bonds. The van der Waals surface area contributed by atoms with Crippen molar-refractivity contribution in [3.05, 3.63) is 84.2 Å². The van der Waals surface area contributed by atoms with Crippen LogP contribution in [-0.4, -0.2) is 25.4 Å². The first-order chi connectivity index (χ1) is 12.7. The van der Waals surface area contributed by atoms with Crippen LogP contribution in [0.3, 0.4) is 0 Å². The van der Waals surface area contributed by atoms with Gasteiger partial charge in [0.25, 0.3) is 5.91 Å². The number of aromatic nitrogens is 4. The van der Waals surface area contributed by atoms with E-state index < -0.39 is 0 Å². The Hall–Kier alpha value is -3.54. The van der Waals surface area contributed by atoms with Crippen LogP contribution in [0.2, 0.25) is 0 Å². The molecule has 4 rings (SSSR count). The first kappa shape index (κ1) is 16.0. The predicted octanol–water partition coefficient (Wildman–Crippen LogP) is 3.05. The number of rotatable bonds is 4. The summed E-state index contributed by atoms with van der Waals surface area (Å²) >= 11 is 0. The van der Waals surface area contributed by atoms with Crippen molar-refractivity contribution < 1.29 is 4.79 Å². The Bertz CT molecular complexity index is 1070. The zero-order valence-corrected chi connectivity index (χ0v) is 14.3. The number of pyridine rings is 2. The fraction of sp³-hybridized carbons (Fsp3) is 0.100. The lowest BCUT2D eigenvalue weighted by molar-refractivity contribution is 0.0951. The van der Waals surface area contributed by atoms with Crippen molar-refractivity contribution in [1.29, 1.82) is 0 Å². The summed E-state index contributed by atoms with van der Waals surface area (Å²) in [6.45, 7) is 2.34. The van der Waals surface area contributed by atoms with Gasteiger partial charge in [-0.05, 0) is 42.8 Å². The molecule has 3 heterocycles. The van der Waals surface area contributed by atoms with E-state index in [9.17, 15) is 4.79 Å². The van der Waals surface area contributed by atoms with Crippen molar-refractivity contribution in [2.75, 3.05) is 0 Å². The molecular formula is C20H17N5O. The van der Waals surface area contributed by atoms with Crippen LogP contribution < -0.4 is 5.32 Å². The number of fused-ring (bicyclic) bond motifs is 1. The zero-order valence-electron chi connectivity index (χ0n) is 14.3. The molecule has 0 atom stereocenters. The molecule has 1 N–H and O–H groups in total. The lowest BCUT2D eigenvalue weighted by atomic mass is 10.1. The number of carbonyl (C=O) groups excluding carboxylic acids is 1. The number of carbonyl (C=O) groups is 1. The number of hydrogen-bond donors (Lipinski definition) is 1. The Morgan fingerprint density at radius 2 is 2.00 bits per heavy atom. The zero-order chi connectivity index (χ0) is 17.9. The summed E-state index contributed by atoms with van der Waals surface area (Å²) < 4.78 is 1.91. The van der Waals surface area contributed by atoms with Gasteiger partial charge < -0.3 is 5.32 Å². The molecule has 0 saturated heterocycles. The minimum absolute atomic E-state index is 0.120. The van der Waals surface area contributed by atoms with Crippen LogP contribution in [0.4, 0.5) is 0 Å². The van der Waals surface area contributed by atoms with Crippen LogP contribution >= 0.6 is 0 Å². The summed E-state index contributed by atoms with van der Waals surface area (Å²) in [5, 5.41) is 3.87. The number of hydrogen-bond acceptors (Lipinski definition) is 4. The number of nitrogens with one attached hydrogen (secondary N) is 1. The van der Waals surface area contributed by atoms with Gasteiger partial charge in [-0.1, -0.05) is 12.1 Å². The molecule has 128 valence electrons. The minimum atomic E-state index is -0.120. The molecule has 0 bridgehead atoms. The van der Waals surface area contributed by atoms with E-state index in [1.807, 2.05) is 54.1 Å². The summed E-state index contributed by atoms with van der Waals surface area (Å²) in [5.74, 6) is 1.56. The highest BCUT2D eigenvalue weighted by Crippen LogP contribution is 2.13. The van der Waals surface area contributed by atoms with Gasteiger partial charge in [0.2, 0.25) is 0 Å². The highest BCUT2D eigenvalue weighted by molar-refractivity contribution is 5.97. The van der Waals surface area contributed by atoms with Gasteiger partial charge in [0, 0.05) is 42.3 Å². The number of benzene rings is 1. The normalized spacial score (nSPS) is 10.8. The molecule has 0 aliphatic rings. The smallest absolute Gasteiger partial charge is 0.251 e. The van der Waals surface area contributed by atoms with Gasteiger partial charge in [0.1, 0.15) is 11.6 Å². The summed E-state index contributed by atoms with van der Waals surface area (Å²) in [4.78, 5) is 25.3. The van der Waals surface area contributed by atoms with Crippen molar-refractivity contribution in [3.8, 4) is 5.82 Å². The molecule has 4 aromatic rings. The second-order valence-electron chi connectivity index (χ2n) is 5.96. The Morgan fingerprint density at radius 1 is 1.08 bits per heavy atom. The van der Waals surface area contributed by atoms with Crippen molar-refractivity contribution in [1.82, 2.24) is 24.8 Å². The summed E-state index contributed by atoms with van der Waals surface area (Å²) in [6.07, 6.45) is 7.11. The van der Waals surface area contributed by atoms with Crippen LogP contribution in [0.5, 0.6) is 0 Å². The van der Waals surface area contributed by atoms with E-state index >= 15 is 0 Å². The highest BCUT2D eigenvalue weighted by Gasteiger charge is 2.07. The van der Waals surface area contributed by atoms with Gasteiger partial charge >= 0.3 is 0 Å². The average Bonchev–Trinajstić information content (AvgIpc) is 3.12. The van der Waals surface area contributed by atoms with Crippen LogP contribution in [0.15, 0.2) is 67.3 Å². The van der Waals surface area contributed by atoms with Crippen LogP contribution in [0, 0.1) is 6.92 Å². The molecule has 0 unspecified atom stereocenters. The maximum atomic E-state index is 12.4. The summed E-state index contributed by atoms with van der Waals surface area (Å²) in [7, 11) is 0. The first-order valence-electron chi connectivity index (χ1n) is 8.29. The standard InChI is InChI=1S/C20H17N5O/c1-14-21-9-10-25(14)19-7-4-15(12-23-19)13-24-20(26)17-5-6-18-16(11-17)3-2-8-22-18/h2-12H,13H2,1H3,(H,24,26). The van der Waals surface area contributed by atoms with E-state index in [1.165, 1.54) is 0 Å². The predicted molar refractivity (Wildman–Crippen MR) is 99.0 cm³/mol. The molecule has 26 heavy (non-hydrogen) atoms. The SMILES string of the molecule is Cc1nccn1-c1ccc(CNC(=O)c2ccc3ncccc3c2)cn1. The molecular weight excluding hydrogens is 326 g/mol. The van der Waals surface area contributed by atoms with Crippen LogP contribution in [0.25, 0.3) is 16.7 Å². The maximum Gasteiger partial charge on any atom is 0.251 e. The fourth-order valence-electron chi connectivity index (χ4n) is 2.79. The minimum Gasteiger partial charge on any atom is -0.348 e. The quantitative estimate of drug-likeness (QED) is 0.618. The maximum absolute atomic E-state index is 12.4. The average molecular weight is 343 g/mol. The van der Waals surface area contributed by atoms with E-state index in [0.717, 1.165) is 28.1 Å². The van der Waals surface area contributed by atoms with Crippen LogP contribution in [-0.2, 0) is 6.54 Å². The second-order valence-corrected chi connectivity index (χ2v) is 5.96. The third-order valence-electron chi connectivity index (χ3n) is 4.20. The van der Waals surface area contributed by atoms with E-state index in [1.54, 1.807) is 24.7 Å². The lowest BCUT2D eigenvalue weighted by Gasteiger charge is -2.08. The molecule has 6 heteroatoms. The van der Waals surface area contributed by atoms with E-state index in [2.05, 4.69) is 20.3 Å². The van der Waals surface area contributed by atoms with E-state index in [4.69, 9.17) is 0 Å². The molecule has 3 aromatic heterocycles. The van der Waals surface area contributed by atoms with Gasteiger partial charge in [-0.3, -0.25) is 14.3 Å². The fourth-order valence-corrected chi connectivity index (χ4v) is 2.79. The van der Waals surface area contributed by atoms with E-state index in [0.29, 0.717) is 12.1 Å². The Labute approximate surface area is 150 Å². The molecule has 0 radical (unpaired) electrons. The Balaban J connectivity index is 1.44. The first-order valence-corrected chi connectivity index (χ1v) is 8.29. The van der Waals surface area contributed by atoms with Crippen molar-refractivity contribution in [2.45, 2.75) is 13.5 Å². The monoisotopic (exact) mass is 343 g/mol. The molecule has 6 nitrogen and oxygen atoms in total. The van der Waals surface area contributed by atoms with E-state index in [-0.39, 0.29) is 5.91 Å². The number of aryl methyl sites for hydroxylation is 1. The van der Waals surface area contributed by atoms with Crippen molar-refractivity contribution in [3.63, 3.8) is 0 Å². The molecule has 1 aromatic carbocycles. The molecule has 0 spiro atoms. The molecule has 0 fully saturated rings. The van der Waals surface area contributed by atoms with Gasteiger partial charge in [-0.25, -0.2) is 9.97 Å². The van der Waals surface area contributed by atoms with Crippen molar-refractivity contribution >= 4 is 16.8 Å². The Morgan fingerprint density at radius 3 is 2.77 bits per heavy atom. The highest BCUT2D eigenvalue weighted by atomic mass is 16.1. The van der Waals surface area contributed by atoms with Gasteiger partial charge in [-0.2, -0.15) is 0 Å². The summed E-state index contributed by atoms with van der Waals surface area (Å²) in [5.41, 5.74) is 2.42. The van der Waals surface area contributed by atoms with Crippen molar-refractivity contribution in [2.24, 2.45) is 0 Å². The third-order valence-corrected chi connectivity index (χ3v) is 4.20. The van der Waals surface area contributed by atoms with Gasteiger partial charge in [0.05, 0.1) is 5.52 Å². The number of imidazole rings is 1. The van der Waals surface area contributed by atoms with Crippen LogP contribution in [0.1, 0.15) is 21.7 Å². The second kappa shape index (κ2) is 6.76. The molecule has 0 aliphatic carbocycles. The topological polar surface area (TPSA) is 72.7 Å². The van der Waals surface area contributed by atoms with Gasteiger partial charge in [-0.15, -0.1) is 0 Å². The lowest BCUT2D eigenvalue weighted by Crippen LogP contribution is -2.22. The Kier molecular flexibility index (Phi) is 4.15. The largest absolute Gasteiger partial charge is 0.348 e. The molecule has 0 saturated carbocycles. The number of amides is 1.